The van der Waals surface area contributed by atoms with Crippen LogP contribution in [0.15, 0.2) is 12.1 Å². The summed E-state index contributed by atoms with van der Waals surface area (Å²) in [5.41, 5.74) is -0.441. The predicted octanol–water partition coefficient (Wildman–Crippen LogP) is 2.26. The van der Waals surface area contributed by atoms with Crippen LogP contribution in [0, 0.1) is 11.6 Å². The van der Waals surface area contributed by atoms with Crippen LogP contribution in [0.3, 0.4) is 0 Å². The lowest BCUT2D eigenvalue weighted by Crippen LogP contribution is -2.01. The van der Waals surface area contributed by atoms with E-state index in [2.05, 4.69) is 0 Å². The highest BCUT2D eigenvalue weighted by Gasteiger charge is 2.16. The number of hydrogen-bond donors (Lipinski definition) is 1. The van der Waals surface area contributed by atoms with Crippen molar-refractivity contribution in [3.8, 4) is 5.75 Å². The molecule has 70 valence electrons. The first kappa shape index (κ1) is 9.64. The Hall–Kier alpha value is -1.45. The van der Waals surface area contributed by atoms with Crippen LogP contribution >= 0.6 is 0 Å². The third-order valence-corrected chi connectivity index (χ3v) is 1.63. The highest BCUT2D eigenvalue weighted by atomic mass is 19.1. The van der Waals surface area contributed by atoms with Crippen LogP contribution in [-0.4, -0.2) is 10.9 Å². The van der Waals surface area contributed by atoms with Crippen LogP contribution in [0.2, 0.25) is 0 Å². The van der Waals surface area contributed by atoms with E-state index in [-0.39, 0.29) is 6.42 Å². The number of rotatable bonds is 2. The number of carbonyl (C=O) groups excluding carboxylic acids is 1. The molecule has 0 unspecified atom stereocenters. The topological polar surface area (TPSA) is 37.3 Å². The fourth-order valence-electron chi connectivity index (χ4n) is 1.01. The van der Waals surface area contributed by atoms with Crippen LogP contribution in [0.1, 0.15) is 23.7 Å². The van der Waals surface area contributed by atoms with Crippen molar-refractivity contribution in [2.75, 3.05) is 0 Å². The number of Topliss-reactive ketones (excluding diaryl/α,β-unsaturated/α-hetero) is 1. The SMILES string of the molecule is CCC(=O)c1c(O)cc(F)cc1F. The van der Waals surface area contributed by atoms with E-state index in [0.717, 1.165) is 0 Å². The van der Waals surface area contributed by atoms with Gasteiger partial charge in [-0.2, -0.15) is 0 Å². The number of hydrogen-bond acceptors (Lipinski definition) is 2. The van der Waals surface area contributed by atoms with Crippen molar-refractivity contribution in [2.24, 2.45) is 0 Å². The van der Waals surface area contributed by atoms with Crippen LogP contribution < -0.4 is 0 Å². The Kier molecular flexibility index (Phi) is 2.60. The molecule has 0 spiro atoms. The number of aromatic hydroxyl groups is 1. The van der Waals surface area contributed by atoms with Crippen molar-refractivity contribution in [3.63, 3.8) is 0 Å². The number of phenols is 1. The molecule has 0 saturated heterocycles. The smallest absolute Gasteiger partial charge is 0.169 e. The molecule has 1 aromatic rings. The molecule has 2 nitrogen and oxygen atoms in total. The van der Waals surface area contributed by atoms with Crippen LogP contribution in [-0.2, 0) is 0 Å². The summed E-state index contributed by atoms with van der Waals surface area (Å²) in [6.45, 7) is 1.53. The largest absolute Gasteiger partial charge is 0.507 e. The summed E-state index contributed by atoms with van der Waals surface area (Å²) in [6.07, 6.45) is 0.0656. The molecule has 4 heteroatoms. The number of halogens is 2. The zero-order valence-electron chi connectivity index (χ0n) is 6.97. The summed E-state index contributed by atoms with van der Waals surface area (Å²) >= 11 is 0. The van der Waals surface area contributed by atoms with Gasteiger partial charge in [-0.25, -0.2) is 8.78 Å². The molecule has 1 aromatic carbocycles. The second kappa shape index (κ2) is 3.51. The maximum absolute atomic E-state index is 12.9. The van der Waals surface area contributed by atoms with Crippen LogP contribution in [0.5, 0.6) is 5.75 Å². The molecule has 0 fully saturated rings. The van der Waals surface area contributed by atoms with E-state index in [1.807, 2.05) is 0 Å². The molecular weight excluding hydrogens is 178 g/mol. The molecule has 0 atom stereocenters. The lowest BCUT2D eigenvalue weighted by atomic mass is 10.1. The summed E-state index contributed by atoms with van der Waals surface area (Å²) in [4.78, 5) is 11.0. The number of benzene rings is 1. The van der Waals surface area contributed by atoms with Gasteiger partial charge in [0.05, 0.1) is 5.56 Å². The fraction of sp³-hybridized carbons (Fsp3) is 0.222. The van der Waals surface area contributed by atoms with Gasteiger partial charge >= 0.3 is 0 Å². The minimum atomic E-state index is -1.02. The summed E-state index contributed by atoms with van der Waals surface area (Å²) in [6, 6.07) is 1.29. The Bertz CT molecular complexity index is 324. The van der Waals surface area contributed by atoms with Crippen molar-refractivity contribution in [2.45, 2.75) is 13.3 Å². The minimum absolute atomic E-state index is 0.0656. The van der Waals surface area contributed by atoms with Gasteiger partial charge in [-0.15, -0.1) is 0 Å². The molecule has 0 bridgehead atoms. The van der Waals surface area contributed by atoms with E-state index in [4.69, 9.17) is 5.11 Å². The predicted molar refractivity (Wildman–Crippen MR) is 42.6 cm³/mol. The molecule has 0 saturated carbocycles. The molecule has 0 amide bonds. The number of carbonyl (C=O) groups is 1. The zero-order chi connectivity index (χ0) is 10.0. The normalized spacial score (nSPS) is 10.1. The molecule has 1 N–H and O–H groups in total. The summed E-state index contributed by atoms with van der Waals surface area (Å²) in [5.74, 6) is -3.12. The summed E-state index contributed by atoms with van der Waals surface area (Å²) < 4.78 is 25.4. The molecule has 13 heavy (non-hydrogen) atoms. The van der Waals surface area contributed by atoms with E-state index in [0.29, 0.717) is 12.1 Å². The lowest BCUT2D eigenvalue weighted by Gasteiger charge is -2.03. The van der Waals surface area contributed by atoms with Gasteiger partial charge in [-0.3, -0.25) is 4.79 Å². The molecule has 0 radical (unpaired) electrons. The van der Waals surface area contributed by atoms with E-state index in [1.54, 1.807) is 0 Å². The van der Waals surface area contributed by atoms with Crippen molar-refractivity contribution < 1.29 is 18.7 Å². The first-order chi connectivity index (χ1) is 6.06. The van der Waals surface area contributed by atoms with Crippen LogP contribution in [0.25, 0.3) is 0 Å². The van der Waals surface area contributed by atoms with Crippen LogP contribution in [0.4, 0.5) is 8.78 Å². The second-order valence-corrected chi connectivity index (χ2v) is 2.56. The van der Waals surface area contributed by atoms with Crippen molar-refractivity contribution in [1.29, 1.82) is 0 Å². The lowest BCUT2D eigenvalue weighted by molar-refractivity contribution is 0.0981. The summed E-state index contributed by atoms with van der Waals surface area (Å²) in [5, 5.41) is 9.07. The van der Waals surface area contributed by atoms with Gasteiger partial charge in [-0.1, -0.05) is 6.92 Å². The van der Waals surface area contributed by atoms with Crippen molar-refractivity contribution in [1.82, 2.24) is 0 Å². The zero-order valence-corrected chi connectivity index (χ0v) is 6.97. The fourth-order valence-corrected chi connectivity index (χ4v) is 1.01. The Morgan fingerprint density at radius 2 is 2.08 bits per heavy atom. The van der Waals surface area contributed by atoms with Gasteiger partial charge in [0.25, 0.3) is 0 Å². The first-order valence-electron chi connectivity index (χ1n) is 3.77. The Balaban J connectivity index is 3.28. The Labute approximate surface area is 73.8 Å². The average Bonchev–Trinajstić information content (AvgIpc) is 2.02. The van der Waals surface area contributed by atoms with E-state index in [9.17, 15) is 13.6 Å². The van der Waals surface area contributed by atoms with Gasteiger partial charge in [-0.05, 0) is 0 Å². The second-order valence-electron chi connectivity index (χ2n) is 2.56. The Morgan fingerprint density at radius 1 is 1.46 bits per heavy atom. The first-order valence-corrected chi connectivity index (χ1v) is 3.77. The highest BCUT2D eigenvalue weighted by molar-refractivity contribution is 5.98. The summed E-state index contributed by atoms with van der Waals surface area (Å²) in [7, 11) is 0. The molecule has 0 aliphatic heterocycles. The maximum atomic E-state index is 12.9. The van der Waals surface area contributed by atoms with E-state index >= 15 is 0 Å². The third kappa shape index (κ3) is 1.83. The monoisotopic (exact) mass is 186 g/mol. The van der Waals surface area contributed by atoms with Crippen molar-refractivity contribution in [3.05, 3.63) is 29.3 Å². The van der Waals surface area contributed by atoms with E-state index < -0.39 is 28.7 Å². The van der Waals surface area contributed by atoms with Gasteiger partial charge in [0.15, 0.2) is 5.78 Å². The molecule has 0 aromatic heterocycles. The number of phenolic OH excluding ortho intramolecular Hbond substituents is 1. The number of ketones is 1. The quantitative estimate of drug-likeness (QED) is 0.719. The average molecular weight is 186 g/mol. The minimum Gasteiger partial charge on any atom is -0.507 e. The maximum Gasteiger partial charge on any atom is 0.169 e. The molecule has 0 aliphatic rings. The molecule has 0 aliphatic carbocycles. The van der Waals surface area contributed by atoms with Gasteiger partial charge in [0.1, 0.15) is 17.4 Å². The standard InChI is InChI=1S/C9H8F2O2/c1-2-7(12)9-6(11)3-5(10)4-8(9)13/h3-4,13H,2H2,1H3. The highest BCUT2D eigenvalue weighted by Crippen LogP contribution is 2.23. The molecular formula is C9H8F2O2. The van der Waals surface area contributed by atoms with Gasteiger partial charge < -0.3 is 5.11 Å². The Morgan fingerprint density at radius 3 is 2.54 bits per heavy atom. The van der Waals surface area contributed by atoms with Crippen molar-refractivity contribution >= 4 is 5.78 Å². The van der Waals surface area contributed by atoms with Gasteiger partial charge in [0, 0.05) is 18.6 Å². The third-order valence-electron chi connectivity index (χ3n) is 1.63. The van der Waals surface area contributed by atoms with E-state index in [1.165, 1.54) is 6.92 Å². The molecule has 1 rings (SSSR count). The molecule has 0 heterocycles. The van der Waals surface area contributed by atoms with Gasteiger partial charge in [0.2, 0.25) is 0 Å².